The maximum atomic E-state index is 12.0. The molecule has 2 N–H and O–H groups in total. The van der Waals surface area contributed by atoms with Crippen molar-refractivity contribution in [2.75, 3.05) is 0 Å². The number of Topliss-reactive ketones (excluding diaryl/α,β-unsaturated/α-hetero) is 2. The van der Waals surface area contributed by atoms with E-state index in [1.54, 1.807) is 0 Å². The van der Waals surface area contributed by atoms with Crippen molar-refractivity contribution in [3.63, 3.8) is 0 Å². The lowest BCUT2D eigenvalue weighted by atomic mass is 10.0. The summed E-state index contributed by atoms with van der Waals surface area (Å²) in [7, 11) is 0. The molecule has 0 saturated carbocycles. The highest BCUT2D eigenvalue weighted by Gasteiger charge is 2.33. The summed E-state index contributed by atoms with van der Waals surface area (Å²) < 4.78 is 9.29. The van der Waals surface area contributed by atoms with E-state index in [-0.39, 0.29) is 12.8 Å². The predicted octanol–water partition coefficient (Wildman–Crippen LogP) is 8.81. The van der Waals surface area contributed by atoms with Crippen LogP contribution in [0.2, 0.25) is 0 Å². The van der Waals surface area contributed by atoms with Crippen LogP contribution in [0.4, 0.5) is 0 Å². The molecule has 0 spiro atoms. The fraction of sp³-hybridized carbons (Fsp3) is 0.889. The molecule has 0 radical (unpaired) electrons. The first-order valence-corrected chi connectivity index (χ1v) is 18.2. The molecular weight excluding hydrogens is 560 g/mol. The van der Waals surface area contributed by atoms with Crippen LogP contribution in [-0.4, -0.2) is 46.3 Å². The molecule has 0 saturated heterocycles. The highest BCUT2D eigenvalue weighted by molar-refractivity contribution is 6.39. The first-order valence-electron chi connectivity index (χ1n) is 18.2. The normalized spacial score (nSPS) is 12.5. The van der Waals surface area contributed by atoms with Gasteiger partial charge in [0.05, 0.1) is 0 Å². The van der Waals surface area contributed by atoms with E-state index in [1.165, 1.54) is 116 Å². The molecule has 0 bridgehead atoms. The lowest BCUT2D eigenvalue weighted by Gasteiger charge is -2.14. The van der Waals surface area contributed by atoms with E-state index in [1.807, 2.05) is 0 Å². The van der Waals surface area contributed by atoms with Gasteiger partial charge in [0.2, 0.25) is 0 Å². The highest BCUT2D eigenvalue weighted by atomic mass is 16.6. The summed E-state index contributed by atoms with van der Waals surface area (Å²) in [6.45, 7) is 4.46. The number of ketones is 2. The first-order chi connectivity index (χ1) is 21.3. The molecule has 0 amide bonds. The third-order valence-corrected chi connectivity index (χ3v) is 8.15. The molecule has 2 atom stereocenters. The van der Waals surface area contributed by atoms with Gasteiger partial charge < -0.3 is 19.7 Å². The standard InChI is InChI=1S/C36H66O8/c1-3-5-7-9-11-13-15-17-19-21-23-25-27-29-31(37)43-35(41)33(39)34(40)36(42)44-32(38)30-28-26-24-22-20-18-16-14-12-10-8-6-4-2/h35-36,41-42H,3-30H2,1-2H3. The number of esters is 2. The van der Waals surface area contributed by atoms with E-state index in [4.69, 9.17) is 0 Å². The largest absolute Gasteiger partial charge is 0.428 e. The van der Waals surface area contributed by atoms with Crippen LogP contribution in [0.5, 0.6) is 0 Å². The Balaban J connectivity index is 3.80. The molecular formula is C36H66O8. The van der Waals surface area contributed by atoms with Crippen molar-refractivity contribution in [3.05, 3.63) is 0 Å². The number of aliphatic hydroxyl groups is 2. The number of ether oxygens (including phenoxy) is 2. The topological polar surface area (TPSA) is 127 Å². The Kier molecular flexibility index (Phi) is 29.9. The average Bonchev–Trinajstić information content (AvgIpc) is 3.00. The van der Waals surface area contributed by atoms with E-state index in [0.717, 1.165) is 38.5 Å². The minimum atomic E-state index is -2.33. The summed E-state index contributed by atoms with van der Waals surface area (Å²) >= 11 is 0. The third kappa shape index (κ3) is 26.6. The van der Waals surface area contributed by atoms with Crippen LogP contribution in [0.1, 0.15) is 194 Å². The number of aliphatic hydroxyl groups excluding tert-OH is 2. The third-order valence-electron chi connectivity index (χ3n) is 8.15. The molecule has 8 heteroatoms. The van der Waals surface area contributed by atoms with Gasteiger partial charge in [0.15, 0.2) is 0 Å². The summed E-state index contributed by atoms with van der Waals surface area (Å²) in [6.07, 6.45) is 25.6. The molecule has 258 valence electrons. The van der Waals surface area contributed by atoms with Crippen molar-refractivity contribution in [1.29, 1.82) is 0 Å². The Morgan fingerprint density at radius 3 is 0.818 bits per heavy atom. The van der Waals surface area contributed by atoms with E-state index in [0.29, 0.717) is 12.8 Å². The van der Waals surface area contributed by atoms with Gasteiger partial charge in [0, 0.05) is 12.8 Å². The van der Waals surface area contributed by atoms with Crippen LogP contribution in [0.25, 0.3) is 0 Å². The monoisotopic (exact) mass is 626 g/mol. The smallest absolute Gasteiger partial charge is 0.308 e. The molecule has 8 nitrogen and oxygen atoms in total. The molecule has 0 aliphatic rings. The number of carbonyl (C=O) groups excluding carboxylic acids is 4. The Hall–Kier alpha value is -1.80. The van der Waals surface area contributed by atoms with Gasteiger partial charge in [0.1, 0.15) is 0 Å². The van der Waals surface area contributed by atoms with Gasteiger partial charge in [-0.25, -0.2) is 0 Å². The zero-order valence-electron chi connectivity index (χ0n) is 28.3. The van der Waals surface area contributed by atoms with Gasteiger partial charge >= 0.3 is 11.9 Å². The lowest BCUT2D eigenvalue weighted by Crippen LogP contribution is -2.40. The number of rotatable bonds is 33. The second-order valence-corrected chi connectivity index (χ2v) is 12.4. The molecule has 0 aromatic rings. The maximum Gasteiger partial charge on any atom is 0.308 e. The van der Waals surface area contributed by atoms with Crippen molar-refractivity contribution in [2.24, 2.45) is 0 Å². The fourth-order valence-corrected chi connectivity index (χ4v) is 5.29. The lowest BCUT2D eigenvalue weighted by molar-refractivity contribution is -0.187. The Labute approximate surface area is 268 Å². The average molecular weight is 627 g/mol. The predicted molar refractivity (Wildman–Crippen MR) is 175 cm³/mol. The summed E-state index contributed by atoms with van der Waals surface area (Å²) in [5.74, 6) is -4.64. The number of hydrogen-bond acceptors (Lipinski definition) is 8. The van der Waals surface area contributed by atoms with Gasteiger partial charge in [-0.1, -0.05) is 168 Å². The molecule has 0 aliphatic carbocycles. The van der Waals surface area contributed by atoms with E-state index >= 15 is 0 Å². The zero-order chi connectivity index (χ0) is 32.7. The fourth-order valence-electron chi connectivity index (χ4n) is 5.29. The van der Waals surface area contributed by atoms with Gasteiger partial charge in [-0.2, -0.15) is 0 Å². The van der Waals surface area contributed by atoms with E-state index < -0.39 is 36.1 Å². The van der Waals surface area contributed by atoms with Crippen molar-refractivity contribution >= 4 is 23.5 Å². The Morgan fingerprint density at radius 1 is 0.386 bits per heavy atom. The van der Waals surface area contributed by atoms with Crippen LogP contribution in [0.3, 0.4) is 0 Å². The van der Waals surface area contributed by atoms with Crippen molar-refractivity contribution < 1.29 is 38.9 Å². The minimum absolute atomic E-state index is 0.0208. The van der Waals surface area contributed by atoms with Crippen molar-refractivity contribution in [1.82, 2.24) is 0 Å². The zero-order valence-corrected chi connectivity index (χ0v) is 28.3. The van der Waals surface area contributed by atoms with Crippen LogP contribution < -0.4 is 0 Å². The van der Waals surface area contributed by atoms with Gasteiger partial charge in [-0.15, -0.1) is 0 Å². The quantitative estimate of drug-likeness (QED) is 0.0320. The van der Waals surface area contributed by atoms with Crippen molar-refractivity contribution in [3.8, 4) is 0 Å². The van der Waals surface area contributed by atoms with Gasteiger partial charge in [-0.05, 0) is 12.8 Å². The van der Waals surface area contributed by atoms with Crippen molar-refractivity contribution in [2.45, 2.75) is 206 Å². The number of carbonyl (C=O) groups is 4. The van der Waals surface area contributed by atoms with Crippen LogP contribution in [0, 0.1) is 0 Å². The molecule has 0 aromatic heterocycles. The van der Waals surface area contributed by atoms with E-state index in [2.05, 4.69) is 23.3 Å². The molecule has 0 rings (SSSR count). The molecule has 44 heavy (non-hydrogen) atoms. The Bertz CT molecular complexity index is 663. The minimum Gasteiger partial charge on any atom is -0.428 e. The molecule has 0 fully saturated rings. The summed E-state index contributed by atoms with van der Waals surface area (Å²) in [5, 5.41) is 19.6. The van der Waals surface area contributed by atoms with Crippen LogP contribution in [0.15, 0.2) is 0 Å². The SMILES string of the molecule is CCCCCCCCCCCCCCCC(=O)OC(O)C(=O)C(=O)C(O)OC(=O)CCCCCCCCCCCCCCC. The summed E-state index contributed by atoms with van der Waals surface area (Å²) in [4.78, 5) is 48.0. The van der Waals surface area contributed by atoms with E-state index in [9.17, 15) is 29.4 Å². The van der Waals surface area contributed by atoms with Gasteiger partial charge in [-0.3, -0.25) is 19.2 Å². The molecule has 0 heterocycles. The summed E-state index contributed by atoms with van der Waals surface area (Å²) in [6, 6.07) is 0. The first kappa shape index (κ1) is 42.2. The second kappa shape index (κ2) is 31.2. The second-order valence-electron chi connectivity index (χ2n) is 12.4. The number of unbranched alkanes of at least 4 members (excludes halogenated alkanes) is 24. The van der Waals surface area contributed by atoms with Gasteiger partial charge in [0.25, 0.3) is 24.1 Å². The van der Waals surface area contributed by atoms with Crippen LogP contribution >= 0.6 is 0 Å². The highest BCUT2D eigenvalue weighted by Crippen LogP contribution is 2.15. The van der Waals surface area contributed by atoms with Crippen LogP contribution in [-0.2, 0) is 28.7 Å². The molecule has 2 unspecified atom stereocenters. The number of hydrogen-bond donors (Lipinski definition) is 2. The Morgan fingerprint density at radius 2 is 0.591 bits per heavy atom. The molecule has 0 aliphatic heterocycles. The maximum absolute atomic E-state index is 12.0. The summed E-state index contributed by atoms with van der Waals surface area (Å²) in [5.41, 5.74) is 0. The molecule has 0 aromatic carbocycles.